The Bertz CT molecular complexity index is 1250. The Balaban J connectivity index is 1.51. The molecule has 0 bridgehead atoms. The maximum absolute atomic E-state index is 13.0. The van der Waals surface area contributed by atoms with E-state index in [1.807, 2.05) is 6.92 Å². The first kappa shape index (κ1) is 25.1. The Labute approximate surface area is 209 Å². The van der Waals surface area contributed by atoms with E-state index in [1.165, 1.54) is 6.20 Å². The molecule has 3 heterocycles. The van der Waals surface area contributed by atoms with Crippen LogP contribution in [0.1, 0.15) is 60.0 Å². The van der Waals surface area contributed by atoms with Gasteiger partial charge in [-0.2, -0.15) is 5.10 Å². The first-order valence-electron chi connectivity index (χ1n) is 11.9. The number of hydrogen-bond donors (Lipinski definition) is 4. The van der Waals surface area contributed by atoms with E-state index >= 15 is 0 Å². The zero-order valence-corrected chi connectivity index (χ0v) is 20.9. The van der Waals surface area contributed by atoms with Gasteiger partial charge in [-0.05, 0) is 51.3 Å². The maximum Gasteiger partial charge on any atom is 0.271 e. The minimum Gasteiger partial charge on any atom is -0.386 e. The standard InChI is InChI=1S/C25H32N8O3/c1-15-19(30-24(35)16-7-9-17(10-8-16)25(2,3)36)6-5-11-33(15)20-13-27-21(22(26)34)23(31-20)29-18-12-28-32(4)14-18/h7-10,12-15,19,36H,5-6,11H2,1-4H3,(H2,26,34)(H,29,31)(H,30,35)/t15-,19-/m1/s1. The third-order valence-electron chi connectivity index (χ3n) is 6.41. The molecule has 2 aromatic heterocycles. The lowest BCUT2D eigenvalue weighted by Gasteiger charge is -2.40. The van der Waals surface area contributed by atoms with Crippen molar-refractivity contribution >= 4 is 29.1 Å². The van der Waals surface area contributed by atoms with Crippen LogP contribution in [0.4, 0.5) is 17.3 Å². The number of rotatable bonds is 7. The highest BCUT2D eigenvalue weighted by Crippen LogP contribution is 2.27. The normalized spacial score (nSPS) is 18.1. The van der Waals surface area contributed by atoms with Crippen molar-refractivity contribution in [2.24, 2.45) is 12.8 Å². The van der Waals surface area contributed by atoms with Crippen molar-refractivity contribution < 1.29 is 14.7 Å². The van der Waals surface area contributed by atoms with Crippen LogP contribution >= 0.6 is 0 Å². The van der Waals surface area contributed by atoms with Gasteiger partial charge in [-0.1, -0.05) is 12.1 Å². The Hall–Kier alpha value is -3.99. The summed E-state index contributed by atoms with van der Waals surface area (Å²) in [5, 5.41) is 20.5. The highest BCUT2D eigenvalue weighted by Gasteiger charge is 2.31. The minimum absolute atomic E-state index is 0.0339. The molecule has 11 heteroatoms. The number of piperidine rings is 1. The van der Waals surface area contributed by atoms with Crippen molar-refractivity contribution in [1.82, 2.24) is 25.1 Å². The number of aryl methyl sites for hydroxylation is 1. The van der Waals surface area contributed by atoms with E-state index in [-0.39, 0.29) is 29.5 Å². The summed E-state index contributed by atoms with van der Waals surface area (Å²) in [4.78, 5) is 35.9. The second-order valence-electron chi connectivity index (χ2n) is 9.61. The second kappa shape index (κ2) is 9.94. The van der Waals surface area contributed by atoms with Crippen LogP contribution in [0.2, 0.25) is 0 Å². The number of nitrogens with zero attached hydrogens (tertiary/aromatic N) is 5. The Morgan fingerprint density at radius 3 is 2.53 bits per heavy atom. The van der Waals surface area contributed by atoms with Crippen molar-refractivity contribution in [3.8, 4) is 0 Å². The van der Waals surface area contributed by atoms with Crippen LogP contribution in [0.15, 0.2) is 42.9 Å². The molecule has 3 aromatic rings. The Kier molecular flexibility index (Phi) is 6.93. The van der Waals surface area contributed by atoms with E-state index < -0.39 is 11.5 Å². The van der Waals surface area contributed by atoms with Crippen LogP contribution in [0.3, 0.4) is 0 Å². The topological polar surface area (TPSA) is 151 Å². The lowest BCUT2D eigenvalue weighted by molar-refractivity contribution is 0.0783. The molecular weight excluding hydrogens is 460 g/mol. The van der Waals surface area contributed by atoms with Gasteiger partial charge in [-0.15, -0.1) is 0 Å². The fourth-order valence-corrected chi connectivity index (χ4v) is 4.35. The molecular formula is C25H32N8O3. The molecule has 1 saturated heterocycles. The second-order valence-corrected chi connectivity index (χ2v) is 9.61. The van der Waals surface area contributed by atoms with Gasteiger partial charge < -0.3 is 26.4 Å². The number of hydrogen-bond acceptors (Lipinski definition) is 8. The van der Waals surface area contributed by atoms with Crippen molar-refractivity contribution in [1.29, 1.82) is 0 Å². The van der Waals surface area contributed by atoms with Crippen LogP contribution < -0.4 is 21.3 Å². The van der Waals surface area contributed by atoms with Crippen LogP contribution in [-0.2, 0) is 12.6 Å². The van der Waals surface area contributed by atoms with Crippen LogP contribution in [0.5, 0.6) is 0 Å². The van der Waals surface area contributed by atoms with Crippen LogP contribution in [0.25, 0.3) is 0 Å². The summed E-state index contributed by atoms with van der Waals surface area (Å²) in [7, 11) is 1.79. The average molecular weight is 493 g/mol. The van der Waals surface area contributed by atoms with E-state index in [2.05, 4.69) is 30.6 Å². The van der Waals surface area contributed by atoms with Crippen molar-refractivity contribution in [3.05, 3.63) is 59.7 Å². The molecule has 2 amide bonds. The first-order valence-corrected chi connectivity index (χ1v) is 11.9. The van der Waals surface area contributed by atoms with Gasteiger partial charge in [0.25, 0.3) is 11.8 Å². The lowest BCUT2D eigenvalue weighted by atomic mass is 9.95. The largest absolute Gasteiger partial charge is 0.386 e. The predicted molar refractivity (Wildman–Crippen MR) is 136 cm³/mol. The van der Waals surface area contributed by atoms with E-state index in [9.17, 15) is 14.7 Å². The highest BCUT2D eigenvalue weighted by atomic mass is 16.3. The molecule has 1 fully saturated rings. The average Bonchev–Trinajstić information content (AvgIpc) is 3.24. The number of primary amides is 1. The minimum atomic E-state index is -0.969. The first-order chi connectivity index (χ1) is 17.0. The molecule has 1 aliphatic heterocycles. The number of benzene rings is 1. The number of amides is 2. The summed E-state index contributed by atoms with van der Waals surface area (Å²) in [6.07, 6.45) is 6.56. The van der Waals surface area contributed by atoms with Gasteiger partial charge in [0, 0.05) is 37.4 Å². The Morgan fingerprint density at radius 2 is 1.92 bits per heavy atom. The molecule has 4 rings (SSSR count). The number of aromatic nitrogens is 4. The van der Waals surface area contributed by atoms with Gasteiger partial charge in [-0.25, -0.2) is 9.97 Å². The number of anilines is 3. The van der Waals surface area contributed by atoms with E-state index in [4.69, 9.17) is 5.73 Å². The summed E-state index contributed by atoms with van der Waals surface area (Å²) < 4.78 is 1.63. The zero-order chi connectivity index (χ0) is 26.0. The van der Waals surface area contributed by atoms with E-state index in [1.54, 1.807) is 62.2 Å². The zero-order valence-electron chi connectivity index (χ0n) is 20.9. The summed E-state index contributed by atoms with van der Waals surface area (Å²) in [5.74, 6) is -0.0383. The van der Waals surface area contributed by atoms with Crippen LogP contribution in [-0.4, -0.2) is 55.3 Å². The molecule has 1 aliphatic rings. The van der Waals surface area contributed by atoms with Gasteiger partial charge >= 0.3 is 0 Å². The molecule has 2 atom stereocenters. The van der Waals surface area contributed by atoms with Crippen LogP contribution in [0, 0.1) is 0 Å². The fourth-order valence-electron chi connectivity index (χ4n) is 4.35. The van der Waals surface area contributed by atoms with Crippen molar-refractivity contribution in [3.63, 3.8) is 0 Å². The SMILES string of the molecule is C[C@@H]1[C@H](NC(=O)c2ccc(C(C)(C)O)cc2)CCCN1c1cnc(C(N)=O)c(Nc2cnn(C)c2)n1. The third kappa shape index (κ3) is 5.46. The van der Waals surface area contributed by atoms with Gasteiger partial charge in [0.2, 0.25) is 0 Å². The molecule has 0 aliphatic carbocycles. The molecule has 0 spiro atoms. The molecule has 36 heavy (non-hydrogen) atoms. The molecule has 11 nitrogen and oxygen atoms in total. The smallest absolute Gasteiger partial charge is 0.271 e. The molecule has 190 valence electrons. The number of aliphatic hydroxyl groups is 1. The predicted octanol–water partition coefficient (Wildman–Crippen LogP) is 2.07. The van der Waals surface area contributed by atoms with Gasteiger partial charge in [0.05, 0.1) is 23.7 Å². The van der Waals surface area contributed by atoms with Gasteiger partial charge in [-0.3, -0.25) is 14.3 Å². The summed E-state index contributed by atoms with van der Waals surface area (Å²) >= 11 is 0. The van der Waals surface area contributed by atoms with Gasteiger partial charge in [0.15, 0.2) is 11.5 Å². The number of nitrogens with one attached hydrogen (secondary N) is 2. The summed E-state index contributed by atoms with van der Waals surface area (Å²) in [6.45, 7) is 6.16. The molecule has 1 aromatic carbocycles. The summed E-state index contributed by atoms with van der Waals surface area (Å²) in [5.41, 5.74) is 6.50. The lowest BCUT2D eigenvalue weighted by Crippen LogP contribution is -2.54. The monoisotopic (exact) mass is 492 g/mol. The number of carbonyl (C=O) groups excluding carboxylic acids is 2. The van der Waals surface area contributed by atoms with Crippen molar-refractivity contribution in [2.45, 2.75) is 51.3 Å². The number of nitrogens with two attached hydrogens (primary N) is 1. The molecule has 0 radical (unpaired) electrons. The number of carbonyl (C=O) groups is 2. The van der Waals surface area contributed by atoms with E-state index in [0.717, 1.165) is 24.9 Å². The molecule has 0 unspecified atom stereocenters. The molecule has 5 N–H and O–H groups in total. The van der Waals surface area contributed by atoms with E-state index in [0.29, 0.717) is 17.1 Å². The fraction of sp³-hybridized carbons (Fsp3) is 0.400. The Morgan fingerprint density at radius 1 is 1.19 bits per heavy atom. The molecule has 0 saturated carbocycles. The summed E-state index contributed by atoms with van der Waals surface area (Å²) in [6, 6.07) is 6.78. The highest BCUT2D eigenvalue weighted by molar-refractivity contribution is 5.96. The maximum atomic E-state index is 13.0. The van der Waals surface area contributed by atoms with Gasteiger partial charge in [0.1, 0.15) is 5.82 Å². The quantitative estimate of drug-likeness (QED) is 0.391. The van der Waals surface area contributed by atoms with Crippen molar-refractivity contribution in [2.75, 3.05) is 16.8 Å². The third-order valence-corrected chi connectivity index (χ3v) is 6.41.